The van der Waals surface area contributed by atoms with Crippen molar-refractivity contribution >= 4 is 39.1 Å². The zero-order valence-electron chi connectivity index (χ0n) is 12.2. The van der Waals surface area contributed by atoms with E-state index in [4.69, 9.17) is 11.5 Å². The number of carbonyl (C=O) groups is 2. The average Bonchev–Trinajstić information content (AvgIpc) is 2.63. The van der Waals surface area contributed by atoms with Gasteiger partial charge in [0.15, 0.2) is 0 Å². The smallest absolute Gasteiger partial charge is 0.263 e. The Hall–Kier alpha value is -2.15. The SMILES string of the molecule is Cc1ccc2c(N)c(C(=O)NC(C)(C)CC(N)=O)sc2n1. The number of anilines is 1. The second kappa shape index (κ2) is 5.33. The van der Waals surface area contributed by atoms with Crippen LogP contribution in [0.5, 0.6) is 0 Å². The first-order valence-corrected chi connectivity index (χ1v) is 7.28. The first kappa shape index (κ1) is 15.2. The number of nitrogens with one attached hydrogen (secondary N) is 1. The summed E-state index contributed by atoms with van der Waals surface area (Å²) in [6.07, 6.45) is 0.0564. The number of nitrogen functional groups attached to an aromatic ring is 1. The molecule has 2 heterocycles. The molecule has 5 N–H and O–H groups in total. The van der Waals surface area contributed by atoms with Gasteiger partial charge in [-0.2, -0.15) is 0 Å². The first-order valence-electron chi connectivity index (χ1n) is 6.46. The van der Waals surface area contributed by atoms with Gasteiger partial charge in [-0.1, -0.05) is 0 Å². The Kier molecular flexibility index (Phi) is 3.87. The van der Waals surface area contributed by atoms with E-state index < -0.39 is 11.4 Å². The molecule has 0 aliphatic heterocycles. The van der Waals surface area contributed by atoms with Crippen molar-refractivity contribution in [1.29, 1.82) is 0 Å². The van der Waals surface area contributed by atoms with Crippen LogP contribution in [-0.2, 0) is 4.79 Å². The van der Waals surface area contributed by atoms with Crippen LogP contribution in [0.1, 0.15) is 35.6 Å². The second-order valence-electron chi connectivity index (χ2n) is 5.63. The van der Waals surface area contributed by atoms with E-state index in [0.29, 0.717) is 10.6 Å². The van der Waals surface area contributed by atoms with E-state index in [-0.39, 0.29) is 12.3 Å². The van der Waals surface area contributed by atoms with Gasteiger partial charge in [0.1, 0.15) is 9.71 Å². The molecule has 2 amide bonds. The number of aromatic nitrogens is 1. The number of amides is 2. The molecule has 0 radical (unpaired) electrons. The number of pyridine rings is 1. The summed E-state index contributed by atoms with van der Waals surface area (Å²) in [4.78, 5) is 28.9. The molecule has 0 aliphatic rings. The Labute approximate surface area is 126 Å². The average molecular weight is 306 g/mol. The third-order valence-electron chi connectivity index (χ3n) is 3.01. The highest BCUT2D eigenvalue weighted by Gasteiger charge is 2.26. The van der Waals surface area contributed by atoms with Gasteiger partial charge in [0, 0.05) is 23.0 Å². The highest BCUT2D eigenvalue weighted by atomic mass is 32.1. The molecule has 0 unspecified atom stereocenters. The Balaban J connectivity index is 2.31. The van der Waals surface area contributed by atoms with Crippen molar-refractivity contribution in [3.8, 4) is 0 Å². The van der Waals surface area contributed by atoms with Gasteiger partial charge in [-0.15, -0.1) is 11.3 Å². The summed E-state index contributed by atoms with van der Waals surface area (Å²) in [7, 11) is 0. The van der Waals surface area contributed by atoms with Crippen molar-refractivity contribution in [2.45, 2.75) is 32.7 Å². The van der Waals surface area contributed by atoms with Gasteiger partial charge >= 0.3 is 0 Å². The fraction of sp³-hybridized carbons (Fsp3) is 0.357. The molecule has 0 saturated carbocycles. The van der Waals surface area contributed by atoms with E-state index in [9.17, 15) is 9.59 Å². The summed E-state index contributed by atoms with van der Waals surface area (Å²) in [5.41, 5.74) is 11.8. The number of aryl methyl sites for hydroxylation is 1. The maximum absolute atomic E-state index is 12.4. The lowest BCUT2D eigenvalue weighted by atomic mass is 10.00. The Morgan fingerprint density at radius 1 is 1.38 bits per heavy atom. The predicted molar refractivity (Wildman–Crippen MR) is 84.1 cm³/mol. The van der Waals surface area contributed by atoms with Gasteiger partial charge in [-0.3, -0.25) is 9.59 Å². The number of hydrogen-bond acceptors (Lipinski definition) is 5. The number of fused-ring (bicyclic) bond motifs is 1. The highest BCUT2D eigenvalue weighted by molar-refractivity contribution is 7.21. The number of nitrogens with zero attached hydrogens (tertiary/aromatic N) is 1. The molecule has 6 nitrogen and oxygen atoms in total. The van der Waals surface area contributed by atoms with Crippen LogP contribution >= 0.6 is 11.3 Å². The minimum absolute atomic E-state index is 0.0564. The van der Waals surface area contributed by atoms with Crippen molar-refractivity contribution in [1.82, 2.24) is 10.3 Å². The zero-order valence-corrected chi connectivity index (χ0v) is 13.0. The fourth-order valence-corrected chi connectivity index (χ4v) is 3.14. The van der Waals surface area contributed by atoms with Crippen molar-refractivity contribution in [3.05, 3.63) is 22.7 Å². The Morgan fingerprint density at radius 2 is 2.05 bits per heavy atom. The molecule has 0 bridgehead atoms. The van der Waals surface area contributed by atoms with Gasteiger partial charge < -0.3 is 16.8 Å². The third-order valence-corrected chi connectivity index (χ3v) is 4.12. The summed E-state index contributed by atoms with van der Waals surface area (Å²) < 4.78 is 0. The summed E-state index contributed by atoms with van der Waals surface area (Å²) in [6.45, 7) is 5.36. The molecule has 2 aromatic heterocycles. The Morgan fingerprint density at radius 3 is 2.67 bits per heavy atom. The quantitative estimate of drug-likeness (QED) is 0.796. The van der Waals surface area contributed by atoms with Crippen molar-refractivity contribution in [2.24, 2.45) is 5.73 Å². The molecule has 2 aromatic rings. The van der Waals surface area contributed by atoms with Gasteiger partial charge in [0.05, 0.1) is 5.69 Å². The van der Waals surface area contributed by atoms with E-state index in [1.165, 1.54) is 11.3 Å². The summed E-state index contributed by atoms with van der Waals surface area (Å²) in [5.74, 6) is -0.790. The minimum atomic E-state index is -0.727. The topological polar surface area (TPSA) is 111 Å². The minimum Gasteiger partial charge on any atom is -0.397 e. The molecule has 7 heteroatoms. The van der Waals surface area contributed by atoms with Gasteiger partial charge in [-0.05, 0) is 32.9 Å². The maximum Gasteiger partial charge on any atom is 0.263 e. The lowest BCUT2D eigenvalue weighted by Gasteiger charge is -2.24. The number of carbonyl (C=O) groups excluding carboxylic acids is 2. The summed E-state index contributed by atoms with van der Waals surface area (Å²) in [5, 5.41) is 3.55. The van der Waals surface area contributed by atoms with Crippen molar-refractivity contribution in [2.75, 3.05) is 5.73 Å². The molecule has 0 atom stereocenters. The van der Waals surface area contributed by atoms with E-state index in [2.05, 4.69) is 10.3 Å². The number of hydrogen-bond donors (Lipinski definition) is 3. The normalized spacial score (nSPS) is 11.6. The molecule has 112 valence electrons. The lowest BCUT2D eigenvalue weighted by molar-refractivity contribution is -0.119. The van der Waals surface area contributed by atoms with Crippen LogP contribution in [0.15, 0.2) is 12.1 Å². The maximum atomic E-state index is 12.4. The molecule has 0 spiro atoms. The molecular formula is C14H18N4O2S. The molecular weight excluding hydrogens is 288 g/mol. The summed E-state index contributed by atoms with van der Waals surface area (Å²) >= 11 is 1.24. The standard InChI is InChI=1S/C14H18N4O2S/c1-7-4-5-8-10(16)11(21-13(8)17-7)12(20)18-14(2,3)6-9(15)19/h4-5H,6,16H2,1-3H3,(H2,15,19)(H,18,20). The van der Waals surface area contributed by atoms with Crippen LogP contribution in [0.25, 0.3) is 10.2 Å². The molecule has 21 heavy (non-hydrogen) atoms. The molecule has 2 rings (SSSR count). The molecule has 0 aliphatic carbocycles. The van der Waals surface area contributed by atoms with Gasteiger partial charge in [-0.25, -0.2) is 4.98 Å². The number of thiophene rings is 1. The lowest BCUT2D eigenvalue weighted by Crippen LogP contribution is -2.45. The van der Waals surface area contributed by atoms with Crippen LogP contribution in [0.2, 0.25) is 0 Å². The zero-order chi connectivity index (χ0) is 15.8. The second-order valence-corrected chi connectivity index (χ2v) is 6.63. The van der Waals surface area contributed by atoms with Crippen LogP contribution in [0.4, 0.5) is 5.69 Å². The van der Waals surface area contributed by atoms with Crippen LogP contribution in [0, 0.1) is 6.92 Å². The summed E-state index contributed by atoms with van der Waals surface area (Å²) in [6, 6.07) is 3.71. The van der Waals surface area contributed by atoms with Crippen LogP contribution < -0.4 is 16.8 Å². The Bertz CT molecular complexity index is 721. The third kappa shape index (κ3) is 3.30. The van der Waals surface area contributed by atoms with Crippen LogP contribution in [-0.4, -0.2) is 22.3 Å². The van der Waals surface area contributed by atoms with E-state index in [1.54, 1.807) is 13.8 Å². The fourth-order valence-electron chi connectivity index (χ4n) is 2.10. The molecule has 0 fully saturated rings. The van der Waals surface area contributed by atoms with Crippen molar-refractivity contribution in [3.63, 3.8) is 0 Å². The van der Waals surface area contributed by atoms with E-state index in [1.807, 2.05) is 19.1 Å². The highest BCUT2D eigenvalue weighted by Crippen LogP contribution is 2.32. The largest absolute Gasteiger partial charge is 0.397 e. The molecule has 0 aromatic carbocycles. The monoisotopic (exact) mass is 306 g/mol. The van der Waals surface area contributed by atoms with E-state index >= 15 is 0 Å². The predicted octanol–water partition coefficient (Wildman–Crippen LogP) is 1.57. The van der Waals surface area contributed by atoms with Crippen LogP contribution in [0.3, 0.4) is 0 Å². The van der Waals surface area contributed by atoms with Gasteiger partial charge in [0.25, 0.3) is 5.91 Å². The van der Waals surface area contributed by atoms with Gasteiger partial charge in [0.2, 0.25) is 5.91 Å². The first-order chi connectivity index (χ1) is 9.69. The van der Waals surface area contributed by atoms with Crippen molar-refractivity contribution < 1.29 is 9.59 Å². The number of primary amides is 1. The molecule has 0 saturated heterocycles. The number of rotatable bonds is 4. The number of nitrogens with two attached hydrogens (primary N) is 2. The van der Waals surface area contributed by atoms with E-state index in [0.717, 1.165) is 15.9 Å².